The number of nitrogens with zero attached hydrogens (tertiary/aromatic N) is 3. The number of piperidine rings is 1. The van der Waals surface area contributed by atoms with Crippen LogP contribution in [0.3, 0.4) is 0 Å². The number of nitrogens with one attached hydrogen (secondary N) is 1. The van der Waals surface area contributed by atoms with Gasteiger partial charge >= 0.3 is 0 Å². The van der Waals surface area contributed by atoms with Crippen molar-refractivity contribution in [2.45, 2.75) is 38.6 Å². The highest BCUT2D eigenvalue weighted by atomic mass is 32.2. The van der Waals surface area contributed by atoms with Gasteiger partial charge in [-0.25, -0.2) is 23.1 Å². The topological polar surface area (TPSA) is 75.2 Å². The molecule has 1 unspecified atom stereocenters. The van der Waals surface area contributed by atoms with E-state index in [0.29, 0.717) is 12.6 Å². The highest BCUT2D eigenvalue weighted by molar-refractivity contribution is 7.88. The van der Waals surface area contributed by atoms with E-state index >= 15 is 0 Å². The molecule has 0 aliphatic carbocycles. The second-order valence-electron chi connectivity index (χ2n) is 5.26. The van der Waals surface area contributed by atoms with Crippen LogP contribution in [0.15, 0.2) is 12.3 Å². The number of anilines is 1. The minimum atomic E-state index is -3.11. The molecule has 0 spiro atoms. The van der Waals surface area contributed by atoms with Crippen molar-refractivity contribution in [1.29, 1.82) is 0 Å². The largest absolute Gasteiger partial charge is 0.353 e. The van der Waals surface area contributed by atoms with Crippen LogP contribution in [-0.4, -0.2) is 43.8 Å². The molecule has 0 saturated carbocycles. The van der Waals surface area contributed by atoms with Crippen molar-refractivity contribution in [2.75, 3.05) is 24.2 Å². The molecular formula is C13H22N4O2S. The van der Waals surface area contributed by atoms with Crippen LogP contribution >= 0.6 is 0 Å². The molecule has 2 heterocycles. The van der Waals surface area contributed by atoms with Gasteiger partial charge in [0.1, 0.15) is 11.6 Å². The SMILES string of the molecule is Cc1nccc(N2CCCCC2CCNS(C)(=O)=O)n1. The monoisotopic (exact) mass is 298 g/mol. The van der Waals surface area contributed by atoms with Crippen molar-refractivity contribution in [3.05, 3.63) is 18.1 Å². The molecular weight excluding hydrogens is 276 g/mol. The molecule has 1 N–H and O–H groups in total. The van der Waals surface area contributed by atoms with Crippen molar-refractivity contribution in [3.63, 3.8) is 0 Å². The zero-order chi connectivity index (χ0) is 14.6. The summed E-state index contributed by atoms with van der Waals surface area (Å²) in [5, 5.41) is 0. The minimum absolute atomic E-state index is 0.340. The maximum atomic E-state index is 11.1. The third-order valence-corrected chi connectivity index (χ3v) is 4.25. The lowest BCUT2D eigenvalue weighted by atomic mass is 9.99. The Kier molecular flexibility index (Phi) is 4.93. The molecule has 1 saturated heterocycles. The zero-order valence-electron chi connectivity index (χ0n) is 12.0. The first-order valence-electron chi connectivity index (χ1n) is 6.96. The van der Waals surface area contributed by atoms with Crippen molar-refractivity contribution in [3.8, 4) is 0 Å². The minimum Gasteiger partial charge on any atom is -0.353 e. The lowest BCUT2D eigenvalue weighted by molar-refractivity contribution is 0.433. The molecule has 0 aromatic carbocycles. The molecule has 0 bridgehead atoms. The summed E-state index contributed by atoms with van der Waals surface area (Å²) >= 11 is 0. The lowest BCUT2D eigenvalue weighted by Crippen LogP contribution is -2.42. The van der Waals surface area contributed by atoms with Crippen molar-refractivity contribution >= 4 is 15.8 Å². The highest BCUT2D eigenvalue weighted by Gasteiger charge is 2.23. The Bertz CT molecular complexity index is 547. The van der Waals surface area contributed by atoms with Crippen LogP contribution in [0, 0.1) is 6.92 Å². The lowest BCUT2D eigenvalue weighted by Gasteiger charge is -2.36. The number of sulfonamides is 1. The third kappa shape index (κ3) is 4.42. The van der Waals surface area contributed by atoms with Crippen molar-refractivity contribution < 1.29 is 8.42 Å². The summed E-state index contributed by atoms with van der Waals surface area (Å²) in [5.74, 6) is 1.71. The average molecular weight is 298 g/mol. The molecule has 7 heteroatoms. The van der Waals surface area contributed by atoms with Gasteiger partial charge < -0.3 is 4.90 Å². The zero-order valence-corrected chi connectivity index (χ0v) is 12.9. The molecule has 20 heavy (non-hydrogen) atoms. The summed E-state index contributed by atoms with van der Waals surface area (Å²) in [6, 6.07) is 2.27. The van der Waals surface area contributed by atoms with Crippen LogP contribution in [0.1, 0.15) is 31.5 Å². The molecule has 1 aromatic rings. The molecule has 1 aliphatic rings. The predicted molar refractivity (Wildman–Crippen MR) is 79.2 cm³/mol. The standard InChI is InChI=1S/C13H22N4O2S/c1-11-14-8-7-13(16-11)17-10-4-3-5-12(17)6-9-15-20(2,18)19/h7-8,12,15H,3-6,9-10H2,1-2H3. The first kappa shape index (κ1) is 15.2. The molecule has 0 amide bonds. The fourth-order valence-electron chi connectivity index (χ4n) is 2.62. The molecule has 6 nitrogen and oxygen atoms in total. The Labute approximate surface area is 120 Å². The van der Waals surface area contributed by atoms with Crippen LogP contribution in [0.5, 0.6) is 0 Å². The summed E-state index contributed by atoms with van der Waals surface area (Å²) in [7, 11) is -3.11. The summed E-state index contributed by atoms with van der Waals surface area (Å²) < 4.78 is 24.8. The molecule has 2 rings (SSSR count). The van der Waals surface area contributed by atoms with Gasteiger partial charge in [0.2, 0.25) is 10.0 Å². The normalized spacial score (nSPS) is 20.1. The van der Waals surface area contributed by atoms with Crippen molar-refractivity contribution in [1.82, 2.24) is 14.7 Å². The summed E-state index contributed by atoms with van der Waals surface area (Å²) in [5.41, 5.74) is 0. The van der Waals surface area contributed by atoms with E-state index in [4.69, 9.17) is 0 Å². The van der Waals surface area contributed by atoms with Crippen LogP contribution in [0.2, 0.25) is 0 Å². The number of rotatable bonds is 5. The quantitative estimate of drug-likeness (QED) is 0.880. The van der Waals surface area contributed by atoms with Crippen LogP contribution in [0.25, 0.3) is 0 Å². The Balaban J connectivity index is 2.02. The fraction of sp³-hybridized carbons (Fsp3) is 0.692. The van der Waals surface area contributed by atoms with E-state index in [1.54, 1.807) is 6.20 Å². The summed E-state index contributed by atoms with van der Waals surface area (Å²) in [6.45, 7) is 3.33. The Morgan fingerprint density at radius 3 is 2.95 bits per heavy atom. The maximum Gasteiger partial charge on any atom is 0.208 e. The van der Waals surface area contributed by atoms with Gasteiger partial charge in [0, 0.05) is 25.3 Å². The van der Waals surface area contributed by atoms with E-state index in [9.17, 15) is 8.42 Å². The van der Waals surface area contributed by atoms with Gasteiger partial charge in [-0.3, -0.25) is 0 Å². The molecule has 1 fully saturated rings. The van der Waals surface area contributed by atoms with Crippen LogP contribution in [-0.2, 0) is 10.0 Å². The third-order valence-electron chi connectivity index (χ3n) is 3.52. The second-order valence-corrected chi connectivity index (χ2v) is 7.09. The Morgan fingerprint density at radius 1 is 1.45 bits per heavy atom. The molecule has 1 aromatic heterocycles. The van der Waals surface area contributed by atoms with E-state index in [1.807, 2.05) is 13.0 Å². The Hall–Kier alpha value is -1.21. The number of hydrogen-bond acceptors (Lipinski definition) is 5. The molecule has 0 radical (unpaired) electrons. The van der Waals surface area contributed by atoms with Gasteiger partial charge in [-0.1, -0.05) is 0 Å². The van der Waals surface area contributed by atoms with Gasteiger partial charge in [0.15, 0.2) is 0 Å². The summed E-state index contributed by atoms with van der Waals surface area (Å²) in [4.78, 5) is 10.9. The highest BCUT2D eigenvalue weighted by Crippen LogP contribution is 2.24. The Morgan fingerprint density at radius 2 is 2.25 bits per heavy atom. The van der Waals surface area contributed by atoms with E-state index in [-0.39, 0.29) is 0 Å². The number of hydrogen-bond donors (Lipinski definition) is 1. The summed E-state index contributed by atoms with van der Waals surface area (Å²) in [6.07, 6.45) is 7.19. The van der Waals surface area contributed by atoms with E-state index < -0.39 is 10.0 Å². The number of aromatic nitrogens is 2. The predicted octanol–water partition coefficient (Wildman–Crippen LogP) is 1.08. The van der Waals surface area contributed by atoms with Gasteiger partial charge in [0.05, 0.1) is 6.26 Å². The van der Waals surface area contributed by atoms with E-state index in [1.165, 1.54) is 12.7 Å². The molecule has 112 valence electrons. The van der Waals surface area contributed by atoms with Gasteiger partial charge in [-0.2, -0.15) is 0 Å². The second kappa shape index (κ2) is 6.49. The fourth-order valence-corrected chi connectivity index (χ4v) is 3.11. The average Bonchev–Trinajstić information content (AvgIpc) is 2.38. The van der Waals surface area contributed by atoms with Gasteiger partial charge in [-0.15, -0.1) is 0 Å². The van der Waals surface area contributed by atoms with E-state index in [2.05, 4.69) is 19.6 Å². The van der Waals surface area contributed by atoms with Crippen LogP contribution in [0.4, 0.5) is 5.82 Å². The molecule has 1 aliphatic heterocycles. The van der Waals surface area contributed by atoms with Gasteiger partial charge in [0.25, 0.3) is 0 Å². The maximum absolute atomic E-state index is 11.1. The molecule has 1 atom stereocenters. The smallest absolute Gasteiger partial charge is 0.208 e. The first-order valence-corrected chi connectivity index (χ1v) is 8.86. The number of aryl methyl sites for hydroxylation is 1. The van der Waals surface area contributed by atoms with Gasteiger partial charge in [-0.05, 0) is 38.7 Å². The van der Waals surface area contributed by atoms with E-state index in [0.717, 1.165) is 37.4 Å². The first-order chi connectivity index (χ1) is 9.46. The van der Waals surface area contributed by atoms with Crippen LogP contribution < -0.4 is 9.62 Å². The van der Waals surface area contributed by atoms with Crippen molar-refractivity contribution in [2.24, 2.45) is 0 Å².